The van der Waals surface area contributed by atoms with Gasteiger partial charge in [0, 0.05) is 5.57 Å². The van der Waals surface area contributed by atoms with Crippen molar-refractivity contribution in [1.82, 2.24) is 10.8 Å². The molecule has 3 N–H and O–H groups in total. The van der Waals surface area contributed by atoms with Gasteiger partial charge >= 0.3 is 0 Å². The molecule has 2 unspecified atom stereocenters. The summed E-state index contributed by atoms with van der Waals surface area (Å²) in [5.74, 6) is -0.688. The molecule has 1 fully saturated rings. The molecule has 1 aliphatic heterocycles. The Bertz CT molecular complexity index is 360. The third-order valence-electron chi connectivity index (χ3n) is 2.79. The predicted octanol–water partition coefficient (Wildman–Crippen LogP) is -0.117. The number of fused-ring (bicyclic) bond motifs is 1. The van der Waals surface area contributed by atoms with Crippen molar-refractivity contribution in [1.29, 1.82) is 0 Å². The van der Waals surface area contributed by atoms with Crippen molar-refractivity contribution in [3.8, 4) is 0 Å². The number of allylic oxidation sites excluding steroid dienone is 3. The average molecular weight is 208 g/mol. The van der Waals surface area contributed by atoms with E-state index < -0.39 is 11.9 Å². The maximum Gasteiger partial charge on any atom is 0.265 e. The van der Waals surface area contributed by atoms with Crippen molar-refractivity contribution >= 4 is 11.8 Å². The fraction of sp³-hybridized carbons (Fsp3) is 0.400. The zero-order valence-electron chi connectivity index (χ0n) is 8.06. The second-order valence-corrected chi connectivity index (χ2v) is 3.72. The van der Waals surface area contributed by atoms with E-state index in [9.17, 15) is 9.59 Å². The molecule has 0 aromatic rings. The first-order chi connectivity index (χ1) is 7.22. The number of nitrogens with one attached hydrogen (secondary N) is 2. The molecule has 0 saturated carbocycles. The van der Waals surface area contributed by atoms with Gasteiger partial charge in [-0.15, -0.1) is 0 Å². The lowest BCUT2D eigenvalue weighted by atomic mass is 9.82. The molecule has 1 heterocycles. The molecule has 15 heavy (non-hydrogen) atoms. The number of carbonyl (C=O) groups excluding carboxylic acids is 2. The first kappa shape index (κ1) is 9.92. The van der Waals surface area contributed by atoms with E-state index in [1.54, 1.807) is 11.6 Å². The van der Waals surface area contributed by atoms with Gasteiger partial charge in [0.25, 0.3) is 5.91 Å². The molecule has 0 radical (unpaired) electrons. The minimum Gasteiger partial charge on any atom is -0.340 e. The van der Waals surface area contributed by atoms with Crippen LogP contribution in [-0.4, -0.2) is 23.1 Å². The molecule has 1 saturated heterocycles. The van der Waals surface area contributed by atoms with E-state index >= 15 is 0 Å². The lowest BCUT2D eigenvalue weighted by molar-refractivity contribution is -0.135. The van der Waals surface area contributed by atoms with Crippen molar-refractivity contribution in [2.45, 2.75) is 18.9 Å². The second-order valence-electron chi connectivity index (χ2n) is 3.72. The van der Waals surface area contributed by atoms with Gasteiger partial charge in [-0.1, -0.05) is 18.2 Å². The molecule has 2 atom stereocenters. The van der Waals surface area contributed by atoms with E-state index in [-0.39, 0.29) is 11.8 Å². The van der Waals surface area contributed by atoms with Crippen LogP contribution in [0.3, 0.4) is 0 Å². The van der Waals surface area contributed by atoms with Gasteiger partial charge in [0.2, 0.25) is 5.91 Å². The van der Waals surface area contributed by atoms with Gasteiger partial charge in [0.05, 0.1) is 0 Å². The van der Waals surface area contributed by atoms with Crippen LogP contribution in [0.15, 0.2) is 23.8 Å². The van der Waals surface area contributed by atoms with Gasteiger partial charge in [-0.05, 0) is 18.8 Å². The Hall–Kier alpha value is -1.62. The SMILES string of the molecule is O=C1NC(C(=O)NO)CC2CC=CC=C12. The number of hydrogen-bond acceptors (Lipinski definition) is 3. The average Bonchev–Trinajstić information content (AvgIpc) is 2.28. The van der Waals surface area contributed by atoms with E-state index in [0.29, 0.717) is 6.42 Å². The Morgan fingerprint density at radius 1 is 1.60 bits per heavy atom. The van der Waals surface area contributed by atoms with Gasteiger partial charge in [-0.3, -0.25) is 14.8 Å². The Morgan fingerprint density at radius 2 is 2.40 bits per heavy atom. The Labute approximate surface area is 86.8 Å². The molecule has 2 aliphatic rings. The normalized spacial score (nSPS) is 28.9. The maximum atomic E-state index is 11.6. The molecule has 5 heteroatoms. The molecule has 2 rings (SSSR count). The monoisotopic (exact) mass is 208 g/mol. The molecule has 0 aromatic carbocycles. The zero-order chi connectivity index (χ0) is 10.8. The lowest BCUT2D eigenvalue weighted by Gasteiger charge is -2.31. The van der Waals surface area contributed by atoms with Crippen molar-refractivity contribution in [2.75, 3.05) is 0 Å². The molecular weight excluding hydrogens is 196 g/mol. The summed E-state index contributed by atoms with van der Waals surface area (Å²) in [5.41, 5.74) is 2.28. The summed E-state index contributed by atoms with van der Waals surface area (Å²) >= 11 is 0. The predicted molar refractivity (Wildman–Crippen MR) is 51.8 cm³/mol. The van der Waals surface area contributed by atoms with Gasteiger partial charge in [-0.25, -0.2) is 5.48 Å². The number of hydrogen-bond donors (Lipinski definition) is 3. The molecule has 1 aliphatic carbocycles. The van der Waals surface area contributed by atoms with E-state index in [0.717, 1.165) is 12.0 Å². The number of piperidine rings is 1. The maximum absolute atomic E-state index is 11.6. The Morgan fingerprint density at radius 3 is 3.13 bits per heavy atom. The first-order valence-electron chi connectivity index (χ1n) is 4.84. The van der Waals surface area contributed by atoms with Crippen LogP contribution in [0, 0.1) is 5.92 Å². The smallest absolute Gasteiger partial charge is 0.265 e. The van der Waals surface area contributed by atoms with Crippen LogP contribution in [0.5, 0.6) is 0 Å². The first-order valence-corrected chi connectivity index (χ1v) is 4.84. The van der Waals surface area contributed by atoms with Crippen molar-refractivity contribution in [3.63, 3.8) is 0 Å². The highest BCUT2D eigenvalue weighted by molar-refractivity contribution is 5.99. The van der Waals surface area contributed by atoms with Crippen LogP contribution < -0.4 is 10.8 Å². The highest BCUT2D eigenvalue weighted by Crippen LogP contribution is 2.28. The third-order valence-corrected chi connectivity index (χ3v) is 2.79. The van der Waals surface area contributed by atoms with Crippen LogP contribution >= 0.6 is 0 Å². The van der Waals surface area contributed by atoms with Crippen LogP contribution in [0.2, 0.25) is 0 Å². The van der Waals surface area contributed by atoms with E-state index in [2.05, 4.69) is 5.32 Å². The lowest BCUT2D eigenvalue weighted by Crippen LogP contribution is -2.51. The number of carbonyl (C=O) groups is 2. The molecule has 0 aromatic heterocycles. The number of hydroxylamine groups is 1. The van der Waals surface area contributed by atoms with Crippen molar-refractivity contribution < 1.29 is 14.8 Å². The summed E-state index contributed by atoms with van der Waals surface area (Å²) in [5, 5.41) is 11.0. The van der Waals surface area contributed by atoms with Crippen LogP contribution in [0.1, 0.15) is 12.8 Å². The van der Waals surface area contributed by atoms with Crippen LogP contribution in [0.25, 0.3) is 0 Å². The highest BCUT2D eigenvalue weighted by atomic mass is 16.5. The third kappa shape index (κ3) is 1.78. The summed E-state index contributed by atoms with van der Waals surface area (Å²) < 4.78 is 0. The van der Waals surface area contributed by atoms with Gasteiger partial charge < -0.3 is 5.32 Å². The summed E-state index contributed by atoms with van der Waals surface area (Å²) in [6, 6.07) is -0.629. The Balaban J connectivity index is 2.15. The van der Waals surface area contributed by atoms with Gasteiger partial charge in [0.1, 0.15) is 6.04 Å². The number of amides is 2. The highest BCUT2D eigenvalue weighted by Gasteiger charge is 2.34. The fourth-order valence-electron chi connectivity index (χ4n) is 2.00. The van der Waals surface area contributed by atoms with Gasteiger partial charge in [0.15, 0.2) is 0 Å². The standard InChI is InChI=1S/C10H12N2O3/c13-9-7-4-2-1-3-6(7)5-8(11-9)10(14)12-15/h1-2,4,6,8,15H,3,5H2,(H,11,13)(H,12,14). The second kappa shape index (κ2) is 3.86. The Kier molecular flexibility index (Phi) is 2.55. The topological polar surface area (TPSA) is 78.4 Å². The fourth-order valence-corrected chi connectivity index (χ4v) is 2.00. The van der Waals surface area contributed by atoms with E-state index in [1.807, 2.05) is 12.2 Å². The minimum atomic E-state index is -0.629. The van der Waals surface area contributed by atoms with E-state index in [4.69, 9.17) is 5.21 Å². The summed E-state index contributed by atoms with van der Waals surface area (Å²) in [4.78, 5) is 22.8. The minimum absolute atomic E-state index is 0.0889. The summed E-state index contributed by atoms with van der Waals surface area (Å²) in [7, 11) is 0. The molecule has 0 bridgehead atoms. The van der Waals surface area contributed by atoms with Crippen LogP contribution in [0.4, 0.5) is 0 Å². The summed E-state index contributed by atoms with van der Waals surface area (Å²) in [6.45, 7) is 0. The molecule has 80 valence electrons. The van der Waals surface area contributed by atoms with Crippen molar-refractivity contribution in [2.24, 2.45) is 5.92 Å². The zero-order valence-corrected chi connectivity index (χ0v) is 8.06. The van der Waals surface area contributed by atoms with Crippen LogP contribution in [-0.2, 0) is 9.59 Å². The molecule has 2 amide bonds. The van der Waals surface area contributed by atoms with E-state index in [1.165, 1.54) is 0 Å². The number of rotatable bonds is 1. The largest absolute Gasteiger partial charge is 0.340 e. The molecule has 0 spiro atoms. The van der Waals surface area contributed by atoms with Crippen molar-refractivity contribution in [3.05, 3.63) is 23.8 Å². The van der Waals surface area contributed by atoms with Gasteiger partial charge in [-0.2, -0.15) is 0 Å². The molecule has 5 nitrogen and oxygen atoms in total. The summed E-state index contributed by atoms with van der Waals surface area (Å²) in [6.07, 6.45) is 6.90. The quantitative estimate of drug-likeness (QED) is 0.415. The molecular formula is C10H12N2O3.